The van der Waals surface area contributed by atoms with Gasteiger partial charge in [0.2, 0.25) is 10.0 Å². The molecule has 1 aromatic carbocycles. The maximum absolute atomic E-state index is 12.6. The van der Waals surface area contributed by atoms with Gasteiger partial charge in [0.25, 0.3) is 0 Å². The predicted molar refractivity (Wildman–Crippen MR) is 70.7 cm³/mol. The lowest BCUT2D eigenvalue weighted by Gasteiger charge is -2.22. The van der Waals surface area contributed by atoms with Crippen LogP contribution >= 0.6 is 0 Å². The molecule has 1 unspecified atom stereocenters. The molecule has 0 aliphatic carbocycles. The molecule has 1 aliphatic heterocycles. The van der Waals surface area contributed by atoms with Crippen LogP contribution in [0.5, 0.6) is 0 Å². The van der Waals surface area contributed by atoms with Gasteiger partial charge >= 0.3 is 12.1 Å². The molecule has 1 atom stereocenters. The van der Waals surface area contributed by atoms with Gasteiger partial charge < -0.3 is 5.11 Å². The normalized spacial score (nSPS) is 20.3. The van der Waals surface area contributed by atoms with Crippen LogP contribution in [0, 0.1) is 6.92 Å². The van der Waals surface area contributed by atoms with Crippen molar-refractivity contribution in [2.45, 2.75) is 36.9 Å². The number of benzene rings is 1. The summed E-state index contributed by atoms with van der Waals surface area (Å²) in [6.45, 7) is 1.30. The van der Waals surface area contributed by atoms with Crippen molar-refractivity contribution in [3.8, 4) is 0 Å². The average molecular weight is 337 g/mol. The Morgan fingerprint density at radius 1 is 1.36 bits per heavy atom. The monoisotopic (exact) mass is 337 g/mol. The highest BCUT2D eigenvalue weighted by molar-refractivity contribution is 7.89. The molecule has 1 aliphatic rings. The molecule has 1 heterocycles. The fraction of sp³-hybridized carbons (Fsp3) is 0.462. The number of carbonyl (C=O) groups is 1. The average Bonchev–Trinajstić information content (AvgIpc) is 2.87. The predicted octanol–water partition coefficient (Wildman–Crippen LogP) is 2.25. The lowest BCUT2D eigenvalue weighted by Crippen LogP contribution is -2.40. The van der Waals surface area contributed by atoms with Crippen molar-refractivity contribution in [1.29, 1.82) is 0 Å². The van der Waals surface area contributed by atoms with Gasteiger partial charge in [0, 0.05) is 6.54 Å². The molecule has 0 aromatic heterocycles. The first-order chi connectivity index (χ1) is 10.0. The fourth-order valence-corrected chi connectivity index (χ4v) is 4.37. The van der Waals surface area contributed by atoms with Crippen LogP contribution in [0.4, 0.5) is 13.2 Å². The summed E-state index contributed by atoms with van der Waals surface area (Å²) in [5.41, 5.74) is -1.01. The SMILES string of the molecule is Cc1cc(C(F)(F)F)ccc1S(=O)(=O)N1CCCC1C(=O)O. The van der Waals surface area contributed by atoms with Gasteiger partial charge in [0.15, 0.2) is 0 Å². The number of rotatable bonds is 3. The van der Waals surface area contributed by atoms with Crippen molar-refractivity contribution in [3.63, 3.8) is 0 Å². The van der Waals surface area contributed by atoms with Gasteiger partial charge in [-0.15, -0.1) is 0 Å². The van der Waals surface area contributed by atoms with E-state index >= 15 is 0 Å². The van der Waals surface area contributed by atoms with E-state index < -0.39 is 33.8 Å². The summed E-state index contributed by atoms with van der Waals surface area (Å²) in [7, 11) is -4.14. The molecule has 1 fully saturated rings. The Bertz CT molecular complexity index is 700. The molecule has 1 saturated heterocycles. The largest absolute Gasteiger partial charge is 0.480 e. The minimum absolute atomic E-state index is 0.0414. The van der Waals surface area contributed by atoms with E-state index in [0.29, 0.717) is 12.5 Å². The number of aryl methyl sites for hydroxylation is 1. The lowest BCUT2D eigenvalue weighted by molar-refractivity contribution is -0.140. The number of hydrogen-bond donors (Lipinski definition) is 1. The number of carboxylic acids is 1. The van der Waals surface area contributed by atoms with Crippen LogP contribution in [0.3, 0.4) is 0 Å². The Balaban J connectivity index is 2.44. The minimum atomic E-state index is -4.57. The third-order valence-electron chi connectivity index (χ3n) is 3.58. The quantitative estimate of drug-likeness (QED) is 0.918. The van der Waals surface area contributed by atoms with Crippen molar-refractivity contribution in [1.82, 2.24) is 4.31 Å². The zero-order chi connectivity index (χ0) is 16.7. The number of hydrogen-bond acceptors (Lipinski definition) is 3. The highest BCUT2D eigenvalue weighted by Crippen LogP contribution is 2.33. The van der Waals surface area contributed by atoms with E-state index in [1.165, 1.54) is 6.92 Å². The smallest absolute Gasteiger partial charge is 0.416 e. The van der Waals surface area contributed by atoms with Crippen LogP contribution in [0.25, 0.3) is 0 Å². The Kier molecular flexibility index (Phi) is 4.22. The second-order valence-electron chi connectivity index (χ2n) is 5.09. The minimum Gasteiger partial charge on any atom is -0.480 e. The molecule has 0 saturated carbocycles. The van der Waals surface area contributed by atoms with E-state index in [2.05, 4.69) is 0 Å². The van der Waals surface area contributed by atoms with Crippen molar-refractivity contribution < 1.29 is 31.5 Å². The fourth-order valence-electron chi connectivity index (χ4n) is 2.52. The number of sulfonamides is 1. The van der Waals surface area contributed by atoms with Gasteiger partial charge in [0.05, 0.1) is 10.5 Å². The van der Waals surface area contributed by atoms with Gasteiger partial charge in [-0.05, 0) is 43.5 Å². The summed E-state index contributed by atoms with van der Waals surface area (Å²) >= 11 is 0. The first-order valence-electron chi connectivity index (χ1n) is 6.47. The second-order valence-corrected chi connectivity index (χ2v) is 6.95. The third kappa shape index (κ3) is 2.95. The first-order valence-corrected chi connectivity index (χ1v) is 7.91. The van der Waals surface area contributed by atoms with E-state index in [1.807, 2.05) is 0 Å². The maximum Gasteiger partial charge on any atom is 0.416 e. The van der Waals surface area contributed by atoms with E-state index in [0.717, 1.165) is 16.4 Å². The van der Waals surface area contributed by atoms with Crippen molar-refractivity contribution in [2.24, 2.45) is 0 Å². The molecule has 9 heteroatoms. The van der Waals surface area contributed by atoms with Gasteiger partial charge in [-0.25, -0.2) is 8.42 Å². The Hall–Kier alpha value is -1.61. The standard InChI is InChI=1S/C13H14F3NO4S/c1-8-7-9(13(14,15)16)4-5-11(8)22(20,21)17-6-2-3-10(17)12(18)19/h4-5,7,10H,2-3,6H2,1H3,(H,18,19). The van der Waals surface area contributed by atoms with E-state index in [1.54, 1.807) is 0 Å². The summed E-state index contributed by atoms with van der Waals surface area (Å²) in [6, 6.07) is 1.14. The Morgan fingerprint density at radius 3 is 2.50 bits per heavy atom. The Labute approximate surface area is 125 Å². The van der Waals surface area contributed by atoms with Crippen LogP contribution < -0.4 is 0 Å². The van der Waals surface area contributed by atoms with E-state index in [4.69, 9.17) is 5.11 Å². The number of halogens is 3. The summed E-state index contributed by atoms with van der Waals surface area (Å²) in [5, 5.41) is 9.06. The Morgan fingerprint density at radius 2 is 2.00 bits per heavy atom. The van der Waals surface area contributed by atoms with Gasteiger partial charge in [-0.3, -0.25) is 4.79 Å². The number of aliphatic carboxylic acids is 1. The van der Waals surface area contributed by atoms with E-state index in [9.17, 15) is 26.4 Å². The molecule has 1 aromatic rings. The van der Waals surface area contributed by atoms with Crippen molar-refractivity contribution in [2.75, 3.05) is 6.54 Å². The molecule has 1 N–H and O–H groups in total. The molecule has 122 valence electrons. The number of nitrogens with zero attached hydrogens (tertiary/aromatic N) is 1. The molecule has 0 bridgehead atoms. The topological polar surface area (TPSA) is 74.7 Å². The molecule has 2 rings (SSSR count). The molecule has 5 nitrogen and oxygen atoms in total. The zero-order valence-corrected chi connectivity index (χ0v) is 12.4. The highest BCUT2D eigenvalue weighted by Gasteiger charge is 2.40. The molecule has 0 spiro atoms. The molecule has 0 amide bonds. The molecule has 22 heavy (non-hydrogen) atoms. The maximum atomic E-state index is 12.6. The number of alkyl halides is 3. The first kappa shape index (κ1) is 16.8. The summed E-state index contributed by atoms with van der Waals surface area (Å²) in [6.07, 6.45) is -3.98. The zero-order valence-electron chi connectivity index (χ0n) is 11.6. The van der Waals surface area contributed by atoms with Crippen LogP contribution in [-0.2, 0) is 21.0 Å². The second kappa shape index (κ2) is 5.54. The highest BCUT2D eigenvalue weighted by atomic mass is 32.2. The molecular weight excluding hydrogens is 323 g/mol. The van der Waals surface area contributed by atoms with E-state index in [-0.39, 0.29) is 23.4 Å². The summed E-state index contributed by atoms with van der Waals surface area (Å²) in [5.74, 6) is -1.26. The van der Waals surface area contributed by atoms with Crippen LogP contribution in [0.15, 0.2) is 23.1 Å². The van der Waals surface area contributed by atoms with Crippen LogP contribution in [0.1, 0.15) is 24.0 Å². The van der Waals surface area contributed by atoms with Gasteiger partial charge in [0.1, 0.15) is 6.04 Å². The van der Waals surface area contributed by atoms with Gasteiger partial charge in [-0.2, -0.15) is 17.5 Å². The summed E-state index contributed by atoms with van der Waals surface area (Å²) < 4.78 is 63.7. The summed E-state index contributed by atoms with van der Waals surface area (Å²) in [4.78, 5) is 10.8. The lowest BCUT2D eigenvalue weighted by atomic mass is 10.1. The third-order valence-corrected chi connectivity index (χ3v) is 5.65. The van der Waals surface area contributed by atoms with Crippen LogP contribution in [0.2, 0.25) is 0 Å². The van der Waals surface area contributed by atoms with Crippen LogP contribution in [-0.4, -0.2) is 36.4 Å². The van der Waals surface area contributed by atoms with Crippen molar-refractivity contribution in [3.05, 3.63) is 29.3 Å². The van der Waals surface area contributed by atoms with Gasteiger partial charge in [-0.1, -0.05) is 0 Å². The van der Waals surface area contributed by atoms with Crippen molar-refractivity contribution >= 4 is 16.0 Å². The molecular formula is C13H14F3NO4S. The number of carboxylic acid groups (broad SMARTS) is 1. The molecule has 0 radical (unpaired) electrons.